The second-order valence-electron chi connectivity index (χ2n) is 6.07. The number of hydrogen-bond acceptors (Lipinski definition) is 2. The molecule has 0 radical (unpaired) electrons. The SMILES string of the molecule is CN=C(NCCC(C)C)NCC1CCN(CC(F)(F)F)C1.I. The van der Waals surface area contributed by atoms with E-state index >= 15 is 0 Å². The smallest absolute Gasteiger partial charge is 0.356 e. The lowest BCUT2D eigenvalue weighted by Crippen LogP contribution is -2.41. The molecule has 1 aliphatic rings. The third-order valence-electron chi connectivity index (χ3n) is 3.57. The van der Waals surface area contributed by atoms with Gasteiger partial charge in [0.15, 0.2) is 5.96 Å². The highest BCUT2D eigenvalue weighted by Gasteiger charge is 2.34. The lowest BCUT2D eigenvalue weighted by molar-refractivity contribution is -0.143. The van der Waals surface area contributed by atoms with Crippen molar-refractivity contribution in [1.29, 1.82) is 0 Å². The monoisotopic (exact) mass is 436 g/mol. The molecule has 132 valence electrons. The van der Waals surface area contributed by atoms with E-state index in [-0.39, 0.29) is 29.9 Å². The van der Waals surface area contributed by atoms with Crippen LogP contribution in [-0.4, -0.2) is 56.8 Å². The van der Waals surface area contributed by atoms with Crippen molar-refractivity contribution in [2.45, 2.75) is 32.9 Å². The van der Waals surface area contributed by atoms with E-state index < -0.39 is 12.7 Å². The van der Waals surface area contributed by atoms with Gasteiger partial charge in [0, 0.05) is 26.7 Å². The molecule has 0 saturated carbocycles. The van der Waals surface area contributed by atoms with Gasteiger partial charge in [-0.1, -0.05) is 13.8 Å². The van der Waals surface area contributed by atoms with Crippen LogP contribution in [-0.2, 0) is 0 Å². The number of halogens is 4. The maximum Gasteiger partial charge on any atom is 0.401 e. The minimum atomic E-state index is -4.10. The minimum absolute atomic E-state index is 0. The molecule has 0 spiro atoms. The van der Waals surface area contributed by atoms with Gasteiger partial charge in [0.1, 0.15) is 0 Å². The van der Waals surface area contributed by atoms with Gasteiger partial charge in [-0.15, -0.1) is 24.0 Å². The summed E-state index contributed by atoms with van der Waals surface area (Å²) in [6, 6.07) is 0. The summed E-state index contributed by atoms with van der Waals surface area (Å²) in [5.41, 5.74) is 0. The largest absolute Gasteiger partial charge is 0.401 e. The van der Waals surface area contributed by atoms with Crippen molar-refractivity contribution in [3.63, 3.8) is 0 Å². The molecule has 0 amide bonds. The molecule has 4 nitrogen and oxygen atoms in total. The molecular formula is C14H28F3IN4. The van der Waals surface area contributed by atoms with Crippen molar-refractivity contribution in [2.24, 2.45) is 16.8 Å². The average Bonchev–Trinajstić information content (AvgIpc) is 2.78. The van der Waals surface area contributed by atoms with Crippen LogP contribution in [0, 0.1) is 11.8 Å². The first-order chi connectivity index (χ1) is 9.80. The minimum Gasteiger partial charge on any atom is -0.356 e. The van der Waals surface area contributed by atoms with E-state index in [1.165, 1.54) is 4.90 Å². The summed E-state index contributed by atoms with van der Waals surface area (Å²) < 4.78 is 37.0. The first-order valence-electron chi connectivity index (χ1n) is 7.53. The number of guanidine groups is 1. The Bertz CT molecular complexity index is 335. The van der Waals surface area contributed by atoms with Gasteiger partial charge in [-0.3, -0.25) is 9.89 Å². The summed E-state index contributed by atoms with van der Waals surface area (Å²) in [6.07, 6.45) is -2.24. The molecule has 2 N–H and O–H groups in total. The molecule has 0 bridgehead atoms. The van der Waals surface area contributed by atoms with Crippen molar-refractivity contribution in [2.75, 3.05) is 39.8 Å². The molecule has 0 aromatic rings. The summed E-state index contributed by atoms with van der Waals surface area (Å²) in [5, 5.41) is 6.42. The molecule has 1 aliphatic heterocycles. The van der Waals surface area contributed by atoms with E-state index in [1.807, 2.05) is 0 Å². The van der Waals surface area contributed by atoms with E-state index in [0.29, 0.717) is 25.6 Å². The Balaban J connectivity index is 0.00000441. The van der Waals surface area contributed by atoms with Gasteiger partial charge in [0.25, 0.3) is 0 Å². The normalized spacial score (nSPS) is 20.1. The van der Waals surface area contributed by atoms with Crippen LogP contribution in [0.3, 0.4) is 0 Å². The zero-order valence-electron chi connectivity index (χ0n) is 13.5. The van der Waals surface area contributed by atoms with Crippen molar-refractivity contribution in [3.05, 3.63) is 0 Å². The molecule has 1 unspecified atom stereocenters. The summed E-state index contributed by atoms with van der Waals surface area (Å²) in [6.45, 7) is 6.04. The number of aliphatic imine (C=N–C) groups is 1. The topological polar surface area (TPSA) is 39.7 Å². The van der Waals surface area contributed by atoms with Crippen LogP contribution in [0.1, 0.15) is 26.7 Å². The Morgan fingerprint density at radius 2 is 2.00 bits per heavy atom. The molecule has 8 heteroatoms. The van der Waals surface area contributed by atoms with Gasteiger partial charge >= 0.3 is 6.18 Å². The number of alkyl halides is 3. The first-order valence-corrected chi connectivity index (χ1v) is 7.53. The van der Waals surface area contributed by atoms with E-state index in [1.54, 1.807) is 7.05 Å². The Hall–Kier alpha value is -0.250. The second-order valence-corrected chi connectivity index (χ2v) is 6.07. The molecule has 22 heavy (non-hydrogen) atoms. The summed E-state index contributed by atoms with van der Waals surface area (Å²) in [5.74, 6) is 1.60. The van der Waals surface area contributed by atoms with E-state index in [0.717, 1.165) is 25.3 Å². The standard InChI is InChI=1S/C14H27F3N4.HI/c1-11(2)4-6-19-13(18-3)20-8-12-5-7-21(9-12)10-14(15,16)17;/h11-12H,4-10H2,1-3H3,(H2,18,19,20);1H. The fraction of sp³-hybridized carbons (Fsp3) is 0.929. The molecule has 1 fully saturated rings. The highest BCUT2D eigenvalue weighted by molar-refractivity contribution is 14.0. The van der Waals surface area contributed by atoms with Gasteiger partial charge in [0.2, 0.25) is 0 Å². The maximum absolute atomic E-state index is 12.3. The van der Waals surface area contributed by atoms with Crippen LogP contribution in [0.2, 0.25) is 0 Å². The quantitative estimate of drug-likeness (QED) is 0.382. The van der Waals surface area contributed by atoms with Crippen LogP contribution < -0.4 is 10.6 Å². The van der Waals surface area contributed by atoms with Crippen molar-refractivity contribution in [1.82, 2.24) is 15.5 Å². The van der Waals surface area contributed by atoms with Crippen molar-refractivity contribution < 1.29 is 13.2 Å². The third kappa shape index (κ3) is 9.70. The highest BCUT2D eigenvalue weighted by atomic mass is 127. The first kappa shape index (κ1) is 21.8. The fourth-order valence-electron chi connectivity index (χ4n) is 2.42. The van der Waals surface area contributed by atoms with Gasteiger partial charge in [-0.05, 0) is 31.2 Å². The lowest BCUT2D eigenvalue weighted by atomic mass is 10.1. The van der Waals surface area contributed by atoms with Crippen molar-refractivity contribution in [3.8, 4) is 0 Å². The number of rotatable bonds is 6. The van der Waals surface area contributed by atoms with Crippen LogP contribution in [0.25, 0.3) is 0 Å². The molecule has 0 aliphatic carbocycles. The summed E-state index contributed by atoms with van der Waals surface area (Å²) >= 11 is 0. The zero-order valence-corrected chi connectivity index (χ0v) is 15.9. The van der Waals surface area contributed by atoms with E-state index in [2.05, 4.69) is 29.5 Å². The predicted octanol–water partition coefficient (Wildman–Crippen LogP) is 2.70. The molecule has 0 aromatic carbocycles. The van der Waals surface area contributed by atoms with Crippen LogP contribution in [0.5, 0.6) is 0 Å². The highest BCUT2D eigenvalue weighted by Crippen LogP contribution is 2.22. The van der Waals surface area contributed by atoms with Crippen molar-refractivity contribution >= 4 is 29.9 Å². The Morgan fingerprint density at radius 3 is 2.55 bits per heavy atom. The Morgan fingerprint density at radius 1 is 1.32 bits per heavy atom. The van der Waals surface area contributed by atoms with Gasteiger partial charge in [-0.2, -0.15) is 13.2 Å². The third-order valence-corrected chi connectivity index (χ3v) is 3.57. The number of likely N-dealkylation sites (tertiary alicyclic amines) is 1. The van der Waals surface area contributed by atoms with Crippen LogP contribution in [0.15, 0.2) is 4.99 Å². The molecular weight excluding hydrogens is 408 g/mol. The lowest BCUT2D eigenvalue weighted by Gasteiger charge is -2.19. The summed E-state index contributed by atoms with van der Waals surface area (Å²) in [7, 11) is 1.70. The number of nitrogens with one attached hydrogen (secondary N) is 2. The predicted molar refractivity (Wildman–Crippen MR) is 94.8 cm³/mol. The fourth-order valence-corrected chi connectivity index (χ4v) is 2.42. The molecule has 0 aromatic heterocycles. The summed E-state index contributed by atoms with van der Waals surface area (Å²) in [4.78, 5) is 5.60. The Labute approximate surface area is 148 Å². The number of nitrogens with zero attached hydrogens (tertiary/aromatic N) is 2. The van der Waals surface area contributed by atoms with Crippen LogP contribution in [0.4, 0.5) is 13.2 Å². The Kier molecular flexibility index (Phi) is 10.4. The van der Waals surface area contributed by atoms with E-state index in [4.69, 9.17) is 0 Å². The average molecular weight is 436 g/mol. The second kappa shape index (κ2) is 10.5. The van der Waals surface area contributed by atoms with Gasteiger partial charge < -0.3 is 10.6 Å². The maximum atomic E-state index is 12.3. The molecule has 1 saturated heterocycles. The van der Waals surface area contributed by atoms with E-state index in [9.17, 15) is 13.2 Å². The zero-order chi connectivity index (χ0) is 15.9. The molecule has 1 heterocycles. The van der Waals surface area contributed by atoms with Gasteiger partial charge in [-0.25, -0.2) is 0 Å². The molecule has 1 atom stereocenters. The molecule has 1 rings (SSSR count). The van der Waals surface area contributed by atoms with Crippen LogP contribution >= 0.6 is 24.0 Å². The van der Waals surface area contributed by atoms with Gasteiger partial charge in [0.05, 0.1) is 6.54 Å². The number of hydrogen-bond donors (Lipinski definition) is 2.